The van der Waals surface area contributed by atoms with Crippen molar-refractivity contribution in [2.45, 2.75) is 30.3 Å². The highest BCUT2D eigenvalue weighted by molar-refractivity contribution is 7.98. The first kappa shape index (κ1) is 14.4. The van der Waals surface area contributed by atoms with Gasteiger partial charge in [0.15, 0.2) is 0 Å². The Morgan fingerprint density at radius 1 is 1.19 bits per heavy atom. The van der Waals surface area contributed by atoms with Crippen LogP contribution in [0, 0.1) is 5.82 Å². The second kappa shape index (κ2) is 6.50. The molecule has 21 heavy (non-hydrogen) atoms. The quantitative estimate of drug-likeness (QED) is 0.789. The number of hydrogen-bond acceptors (Lipinski definition) is 3. The predicted molar refractivity (Wildman–Crippen MR) is 84.6 cm³/mol. The van der Waals surface area contributed by atoms with Crippen LogP contribution < -0.4 is 10.1 Å². The van der Waals surface area contributed by atoms with Crippen molar-refractivity contribution in [1.82, 2.24) is 5.32 Å². The minimum atomic E-state index is -0.229. The van der Waals surface area contributed by atoms with Crippen LogP contribution in [0.3, 0.4) is 0 Å². The van der Waals surface area contributed by atoms with Crippen molar-refractivity contribution in [3.63, 3.8) is 0 Å². The highest BCUT2D eigenvalue weighted by atomic mass is 32.2. The van der Waals surface area contributed by atoms with Crippen LogP contribution in [0.1, 0.15) is 18.4 Å². The second-order valence-electron chi connectivity index (χ2n) is 5.18. The number of hydrogen-bond donors (Lipinski definition) is 1. The summed E-state index contributed by atoms with van der Waals surface area (Å²) in [6, 6.07) is 13.2. The Balaban J connectivity index is 1.75. The molecule has 0 spiro atoms. The fraction of sp³-hybridized carbons (Fsp3) is 0.294. The van der Waals surface area contributed by atoms with E-state index in [0.29, 0.717) is 18.3 Å². The van der Waals surface area contributed by atoms with Gasteiger partial charge in [0, 0.05) is 23.0 Å². The third kappa shape index (κ3) is 3.99. The summed E-state index contributed by atoms with van der Waals surface area (Å²) in [5, 5.41) is 3.39. The van der Waals surface area contributed by atoms with Gasteiger partial charge in [-0.15, -0.1) is 11.8 Å². The maximum absolute atomic E-state index is 13.4. The SMILES string of the molecule is CSc1ccc(Oc2ccc(F)cc2CNC2CC2)cc1. The molecule has 1 fully saturated rings. The van der Waals surface area contributed by atoms with E-state index in [1.807, 2.05) is 30.5 Å². The molecule has 0 atom stereocenters. The Hall–Kier alpha value is -1.52. The first-order chi connectivity index (χ1) is 10.2. The van der Waals surface area contributed by atoms with Gasteiger partial charge in [-0.25, -0.2) is 4.39 Å². The molecule has 4 heteroatoms. The summed E-state index contributed by atoms with van der Waals surface area (Å²) in [5.74, 6) is 1.25. The number of halogens is 1. The van der Waals surface area contributed by atoms with E-state index in [0.717, 1.165) is 11.3 Å². The van der Waals surface area contributed by atoms with E-state index in [1.165, 1.54) is 23.8 Å². The molecule has 0 aliphatic heterocycles. The molecule has 0 heterocycles. The summed E-state index contributed by atoms with van der Waals surface area (Å²) < 4.78 is 19.3. The van der Waals surface area contributed by atoms with Crippen LogP contribution in [0.2, 0.25) is 0 Å². The number of benzene rings is 2. The van der Waals surface area contributed by atoms with Crippen LogP contribution in [-0.4, -0.2) is 12.3 Å². The van der Waals surface area contributed by atoms with Crippen LogP contribution in [-0.2, 0) is 6.54 Å². The highest BCUT2D eigenvalue weighted by Crippen LogP contribution is 2.28. The molecule has 0 amide bonds. The van der Waals surface area contributed by atoms with Crippen molar-refractivity contribution in [2.75, 3.05) is 6.26 Å². The third-order valence-electron chi connectivity index (χ3n) is 3.47. The van der Waals surface area contributed by atoms with Gasteiger partial charge in [0.25, 0.3) is 0 Å². The van der Waals surface area contributed by atoms with Crippen LogP contribution >= 0.6 is 11.8 Å². The molecular weight excluding hydrogens is 285 g/mol. The summed E-state index contributed by atoms with van der Waals surface area (Å²) in [4.78, 5) is 1.19. The largest absolute Gasteiger partial charge is 0.457 e. The molecule has 0 unspecified atom stereocenters. The van der Waals surface area contributed by atoms with Gasteiger partial charge < -0.3 is 10.1 Å². The first-order valence-electron chi connectivity index (χ1n) is 7.08. The topological polar surface area (TPSA) is 21.3 Å². The molecule has 0 aromatic heterocycles. The molecule has 1 N–H and O–H groups in total. The Labute approximate surface area is 128 Å². The molecule has 3 rings (SSSR count). The van der Waals surface area contributed by atoms with Gasteiger partial charge in [-0.05, 0) is 61.6 Å². The van der Waals surface area contributed by atoms with E-state index >= 15 is 0 Å². The third-order valence-corrected chi connectivity index (χ3v) is 4.21. The molecule has 1 aliphatic carbocycles. The average Bonchev–Trinajstić information content (AvgIpc) is 3.32. The summed E-state index contributed by atoms with van der Waals surface area (Å²) in [6.45, 7) is 0.640. The molecule has 0 saturated heterocycles. The van der Waals surface area contributed by atoms with Gasteiger partial charge >= 0.3 is 0 Å². The minimum absolute atomic E-state index is 0.229. The molecule has 2 nitrogen and oxygen atoms in total. The zero-order valence-electron chi connectivity index (χ0n) is 11.9. The van der Waals surface area contributed by atoms with Crippen LogP contribution in [0.15, 0.2) is 47.4 Å². The fourth-order valence-electron chi connectivity index (χ4n) is 2.10. The minimum Gasteiger partial charge on any atom is -0.457 e. The Kier molecular flexibility index (Phi) is 4.46. The highest BCUT2D eigenvalue weighted by Gasteiger charge is 2.20. The van der Waals surface area contributed by atoms with Gasteiger partial charge in [-0.1, -0.05) is 0 Å². The smallest absolute Gasteiger partial charge is 0.132 e. The van der Waals surface area contributed by atoms with Crippen molar-refractivity contribution < 1.29 is 9.13 Å². The molecule has 2 aromatic rings. The molecule has 1 saturated carbocycles. The van der Waals surface area contributed by atoms with Gasteiger partial charge in [-0.2, -0.15) is 0 Å². The van der Waals surface area contributed by atoms with E-state index in [1.54, 1.807) is 23.9 Å². The number of thioether (sulfide) groups is 1. The second-order valence-corrected chi connectivity index (χ2v) is 6.06. The lowest BCUT2D eigenvalue weighted by atomic mass is 10.2. The van der Waals surface area contributed by atoms with Gasteiger partial charge in [0.2, 0.25) is 0 Å². The van der Waals surface area contributed by atoms with Gasteiger partial charge in [0.1, 0.15) is 17.3 Å². The number of ether oxygens (including phenoxy) is 1. The normalized spacial score (nSPS) is 14.2. The lowest BCUT2D eigenvalue weighted by Gasteiger charge is -2.12. The van der Waals surface area contributed by atoms with Crippen LogP contribution in [0.4, 0.5) is 4.39 Å². The molecule has 0 radical (unpaired) electrons. The van der Waals surface area contributed by atoms with Crippen molar-refractivity contribution >= 4 is 11.8 Å². The lowest BCUT2D eigenvalue weighted by molar-refractivity contribution is 0.469. The number of rotatable bonds is 6. The first-order valence-corrected chi connectivity index (χ1v) is 8.31. The lowest BCUT2D eigenvalue weighted by Crippen LogP contribution is -2.15. The van der Waals surface area contributed by atoms with Gasteiger partial charge in [-0.3, -0.25) is 0 Å². The summed E-state index contributed by atoms with van der Waals surface area (Å²) >= 11 is 1.69. The zero-order valence-corrected chi connectivity index (χ0v) is 12.8. The van der Waals surface area contributed by atoms with Crippen molar-refractivity contribution in [2.24, 2.45) is 0 Å². The molecule has 110 valence electrons. The fourth-order valence-corrected chi connectivity index (χ4v) is 2.51. The van der Waals surface area contributed by atoms with Crippen LogP contribution in [0.5, 0.6) is 11.5 Å². The van der Waals surface area contributed by atoms with E-state index in [9.17, 15) is 4.39 Å². The molecule has 2 aromatic carbocycles. The van der Waals surface area contributed by atoms with E-state index < -0.39 is 0 Å². The number of nitrogens with one attached hydrogen (secondary N) is 1. The van der Waals surface area contributed by atoms with Crippen molar-refractivity contribution in [1.29, 1.82) is 0 Å². The van der Waals surface area contributed by atoms with Gasteiger partial charge in [0.05, 0.1) is 0 Å². The monoisotopic (exact) mass is 303 g/mol. The maximum Gasteiger partial charge on any atom is 0.132 e. The molecule has 0 bridgehead atoms. The molecular formula is C17H18FNOS. The summed E-state index contributed by atoms with van der Waals surface area (Å²) in [7, 11) is 0. The van der Waals surface area contributed by atoms with Crippen molar-refractivity contribution in [3.8, 4) is 11.5 Å². The Morgan fingerprint density at radius 3 is 2.62 bits per heavy atom. The predicted octanol–water partition coefficient (Wildman–Crippen LogP) is 4.59. The van der Waals surface area contributed by atoms with Crippen molar-refractivity contribution in [3.05, 3.63) is 53.8 Å². The van der Waals surface area contributed by atoms with E-state index in [4.69, 9.17) is 4.74 Å². The van der Waals surface area contributed by atoms with E-state index in [2.05, 4.69) is 5.32 Å². The standard InChI is InChI=1S/C17H18FNOS/c1-21-16-7-5-15(6-8-16)20-17-9-2-13(18)10-12(17)11-19-14-3-4-14/h2,5-10,14,19H,3-4,11H2,1H3. The Morgan fingerprint density at radius 2 is 1.95 bits per heavy atom. The maximum atomic E-state index is 13.4. The summed E-state index contributed by atoms with van der Waals surface area (Å²) in [5.41, 5.74) is 0.857. The molecule has 1 aliphatic rings. The van der Waals surface area contributed by atoms with Crippen LogP contribution in [0.25, 0.3) is 0 Å². The summed E-state index contributed by atoms with van der Waals surface area (Å²) in [6.07, 6.45) is 4.46. The Bertz CT molecular complexity index is 611. The zero-order chi connectivity index (χ0) is 14.7. The average molecular weight is 303 g/mol. The van der Waals surface area contributed by atoms with E-state index in [-0.39, 0.29) is 5.82 Å².